The van der Waals surface area contributed by atoms with Crippen LogP contribution in [0.2, 0.25) is 0 Å². The van der Waals surface area contributed by atoms with Crippen LogP contribution in [0, 0.1) is 5.92 Å². The second-order valence-corrected chi connectivity index (χ2v) is 2.11. The third-order valence-corrected chi connectivity index (χ3v) is 1.00. The number of hydrogen-bond acceptors (Lipinski definition) is 4. The van der Waals surface area contributed by atoms with E-state index < -0.39 is 12.0 Å². The Labute approximate surface area is 60.2 Å². The molecule has 5 heteroatoms. The van der Waals surface area contributed by atoms with Crippen molar-refractivity contribution in [1.82, 2.24) is 0 Å². The summed E-state index contributed by atoms with van der Waals surface area (Å²) in [5, 5.41) is 8.23. The summed E-state index contributed by atoms with van der Waals surface area (Å²) < 4.78 is 0. The summed E-state index contributed by atoms with van der Waals surface area (Å²) >= 11 is 0. The van der Waals surface area contributed by atoms with E-state index in [1.807, 2.05) is 0 Å². The van der Waals surface area contributed by atoms with E-state index in [9.17, 15) is 4.79 Å². The molecule has 0 aromatic rings. The van der Waals surface area contributed by atoms with E-state index >= 15 is 0 Å². The van der Waals surface area contributed by atoms with Crippen LogP contribution in [0.4, 0.5) is 0 Å². The van der Waals surface area contributed by atoms with Crippen LogP contribution in [-0.2, 0) is 4.79 Å². The van der Waals surface area contributed by atoms with Gasteiger partial charge in [0, 0.05) is 0 Å². The number of nitrogens with two attached hydrogens (primary N) is 3. The largest absolute Gasteiger partial charge is 0.480 e. The fraction of sp³-hybridized carbons (Fsp3) is 0.800. The maximum absolute atomic E-state index is 10.0. The lowest BCUT2D eigenvalue weighted by Crippen LogP contribution is -2.34. The number of rotatable bonds is 2. The lowest BCUT2D eigenvalue weighted by atomic mass is 10.1. The lowest BCUT2D eigenvalue weighted by molar-refractivity contribution is -0.139. The minimum absolute atomic E-state index is 0.0208. The van der Waals surface area contributed by atoms with Gasteiger partial charge in [-0.3, -0.25) is 16.5 Å². The SMILES string of the molecule is CC(C)[C@H](N)C(=O)O.NN. The van der Waals surface area contributed by atoms with Gasteiger partial charge in [-0.25, -0.2) is 0 Å². The molecule has 1 atom stereocenters. The average molecular weight is 149 g/mol. The first-order chi connectivity index (χ1) is 4.55. The van der Waals surface area contributed by atoms with E-state index in [1.54, 1.807) is 13.8 Å². The van der Waals surface area contributed by atoms with Gasteiger partial charge in [0.15, 0.2) is 0 Å². The van der Waals surface area contributed by atoms with Crippen molar-refractivity contribution in [2.24, 2.45) is 23.3 Å². The van der Waals surface area contributed by atoms with Crippen LogP contribution in [-0.4, -0.2) is 17.1 Å². The first-order valence-corrected chi connectivity index (χ1v) is 2.87. The van der Waals surface area contributed by atoms with Crippen LogP contribution in [0.15, 0.2) is 0 Å². The molecule has 0 saturated heterocycles. The van der Waals surface area contributed by atoms with E-state index in [0.717, 1.165) is 0 Å². The molecule has 0 heterocycles. The van der Waals surface area contributed by atoms with Crippen LogP contribution >= 0.6 is 0 Å². The van der Waals surface area contributed by atoms with Gasteiger partial charge in [-0.1, -0.05) is 13.8 Å². The Morgan fingerprint density at radius 3 is 1.70 bits per heavy atom. The Bertz CT molecular complexity index is 94.9. The minimum atomic E-state index is -0.931. The van der Waals surface area contributed by atoms with Gasteiger partial charge >= 0.3 is 5.97 Å². The fourth-order valence-electron chi connectivity index (χ4n) is 0.285. The monoisotopic (exact) mass is 149 g/mol. The highest BCUT2D eigenvalue weighted by Crippen LogP contribution is 1.96. The summed E-state index contributed by atoms with van der Waals surface area (Å²) in [6.07, 6.45) is 0. The maximum Gasteiger partial charge on any atom is 0.320 e. The maximum atomic E-state index is 10.0. The number of carboxylic acid groups (broad SMARTS) is 1. The number of carbonyl (C=O) groups is 1. The molecule has 0 saturated carbocycles. The van der Waals surface area contributed by atoms with E-state index in [4.69, 9.17) is 10.8 Å². The molecule has 7 N–H and O–H groups in total. The van der Waals surface area contributed by atoms with E-state index in [1.165, 1.54) is 0 Å². The number of hydrogen-bond donors (Lipinski definition) is 4. The molecule has 0 amide bonds. The van der Waals surface area contributed by atoms with Crippen LogP contribution in [0.5, 0.6) is 0 Å². The molecule has 5 nitrogen and oxygen atoms in total. The fourth-order valence-corrected chi connectivity index (χ4v) is 0.285. The first-order valence-electron chi connectivity index (χ1n) is 2.87. The van der Waals surface area contributed by atoms with Gasteiger partial charge in [-0.15, -0.1) is 0 Å². The molecular weight excluding hydrogens is 134 g/mol. The van der Waals surface area contributed by atoms with Gasteiger partial charge in [-0.05, 0) is 5.92 Å². The molecule has 0 aromatic heterocycles. The van der Waals surface area contributed by atoms with Gasteiger partial charge in [-0.2, -0.15) is 0 Å². The molecule has 0 radical (unpaired) electrons. The van der Waals surface area contributed by atoms with Crippen molar-refractivity contribution < 1.29 is 9.90 Å². The zero-order valence-corrected chi connectivity index (χ0v) is 6.24. The lowest BCUT2D eigenvalue weighted by Gasteiger charge is -2.07. The zero-order chi connectivity index (χ0) is 8.73. The zero-order valence-electron chi connectivity index (χ0n) is 6.24. The molecule has 0 rings (SSSR count). The van der Waals surface area contributed by atoms with Gasteiger partial charge in [0.1, 0.15) is 6.04 Å². The Balaban J connectivity index is 0. The van der Waals surface area contributed by atoms with Crippen molar-refractivity contribution in [1.29, 1.82) is 0 Å². The summed E-state index contributed by atoms with van der Waals surface area (Å²) in [5.41, 5.74) is 5.16. The van der Waals surface area contributed by atoms with E-state index in [2.05, 4.69) is 11.7 Å². The summed E-state index contributed by atoms with van der Waals surface area (Å²) in [4.78, 5) is 10.0. The normalized spacial score (nSPS) is 11.8. The van der Waals surface area contributed by atoms with Crippen LogP contribution in [0.25, 0.3) is 0 Å². The van der Waals surface area contributed by atoms with Crippen molar-refractivity contribution in [3.8, 4) is 0 Å². The molecule has 0 bridgehead atoms. The second kappa shape index (κ2) is 6.47. The van der Waals surface area contributed by atoms with Crippen molar-refractivity contribution in [3.05, 3.63) is 0 Å². The Morgan fingerprint density at radius 1 is 1.40 bits per heavy atom. The summed E-state index contributed by atoms with van der Waals surface area (Å²) in [6.45, 7) is 3.55. The molecule has 0 spiro atoms. The van der Waals surface area contributed by atoms with Gasteiger partial charge in [0.2, 0.25) is 0 Å². The standard InChI is InChI=1S/C5H11NO2.H4N2/c1-3(2)4(6)5(7)8;1-2/h3-4H,6H2,1-2H3,(H,7,8);1-2H2/t4-;/m0./s1. The second-order valence-electron chi connectivity index (χ2n) is 2.11. The highest BCUT2D eigenvalue weighted by molar-refractivity contribution is 5.73. The minimum Gasteiger partial charge on any atom is -0.480 e. The summed E-state index contributed by atoms with van der Waals surface area (Å²) in [7, 11) is 0. The molecule has 0 unspecified atom stereocenters. The smallest absolute Gasteiger partial charge is 0.320 e. The average Bonchev–Trinajstić information content (AvgIpc) is 1.90. The third kappa shape index (κ3) is 5.49. The number of aliphatic carboxylic acids is 1. The van der Waals surface area contributed by atoms with Crippen molar-refractivity contribution in [2.75, 3.05) is 0 Å². The molecule has 62 valence electrons. The summed E-state index contributed by atoms with van der Waals surface area (Å²) in [5.74, 6) is 7.09. The highest BCUT2D eigenvalue weighted by atomic mass is 16.4. The van der Waals surface area contributed by atoms with Gasteiger partial charge in [0.25, 0.3) is 0 Å². The quantitative estimate of drug-likeness (QED) is 0.293. The van der Waals surface area contributed by atoms with E-state index in [0.29, 0.717) is 0 Å². The molecule has 10 heavy (non-hydrogen) atoms. The number of hydrazine groups is 1. The topological polar surface area (TPSA) is 115 Å². The van der Waals surface area contributed by atoms with Gasteiger partial charge < -0.3 is 10.8 Å². The molecular formula is C5H15N3O2. The van der Waals surface area contributed by atoms with Crippen LogP contribution < -0.4 is 17.4 Å². The molecule has 0 aliphatic rings. The highest BCUT2D eigenvalue weighted by Gasteiger charge is 2.14. The molecule has 0 aliphatic carbocycles. The Hall–Kier alpha value is -0.650. The Kier molecular flexibility index (Phi) is 7.81. The van der Waals surface area contributed by atoms with Crippen molar-refractivity contribution in [3.63, 3.8) is 0 Å². The number of carboxylic acids is 1. The predicted octanol–water partition coefficient (Wildman–Crippen LogP) is -1.13. The first kappa shape index (κ1) is 12.1. The van der Waals surface area contributed by atoms with E-state index in [-0.39, 0.29) is 5.92 Å². The predicted molar refractivity (Wildman–Crippen MR) is 38.8 cm³/mol. The van der Waals surface area contributed by atoms with Crippen molar-refractivity contribution in [2.45, 2.75) is 19.9 Å². The van der Waals surface area contributed by atoms with Gasteiger partial charge in [0.05, 0.1) is 0 Å². The Morgan fingerprint density at radius 2 is 1.70 bits per heavy atom. The molecule has 0 aliphatic heterocycles. The molecule has 0 fully saturated rings. The van der Waals surface area contributed by atoms with Crippen LogP contribution in [0.1, 0.15) is 13.8 Å². The molecule has 0 aromatic carbocycles. The third-order valence-electron chi connectivity index (χ3n) is 1.00. The van der Waals surface area contributed by atoms with Crippen molar-refractivity contribution >= 4 is 5.97 Å². The summed E-state index contributed by atoms with van der Waals surface area (Å²) in [6, 6.07) is -0.713. The van der Waals surface area contributed by atoms with Crippen LogP contribution in [0.3, 0.4) is 0 Å².